The van der Waals surface area contributed by atoms with Gasteiger partial charge in [-0.25, -0.2) is 0 Å². The van der Waals surface area contributed by atoms with Gasteiger partial charge in [-0.05, 0) is 12.2 Å². The van der Waals surface area contributed by atoms with E-state index >= 15 is 0 Å². The molecule has 0 aromatic carbocycles. The number of nitrogens with two attached hydrogens (primary N) is 2. The standard InChI is InChI=1S/CH4N2S.Pb.2H/c2-1(3)4;;;/h(H4,2,3,4);;;. The Balaban J connectivity index is 0. The normalized spacial score (nSPS) is 4.80. The van der Waals surface area contributed by atoms with Crippen LogP contribution in [0.1, 0.15) is 0 Å². The summed E-state index contributed by atoms with van der Waals surface area (Å²) in [5, 5.41) is 0.000000000000000222. The maximum absolute atomic E-state index is 4.62. The molecular formula is CH6N2PbS. The molecule has 2 nitrogen and oxygen atoms in total. The first-order valence-electron chi connectivity index (χ1n) is 0.781. The van der Waals surface area contributed by atoms with E-state index in [0.717, 1.165) is 0 Å². The molecule has 0 saturated heterocycles. The van der Waals surface area contributed by atoms with E-state index in [1.165, 1.54) is 0 Å². The fourth-order valence-corrected chi connectivity index (χ4v) is 0. The van der Waals surface area contributed by atoms with Crippen LogP contribution in [0.2, 0.25) is 0 Å². The third-order valence-corrected chi connectivity index (χ3v) is 0. The van der Waals surface area contributed by atoms with Crippen molar-refractivity contribution in [2.75, 3.05) is 0 Å². The maximum atomic E-state index is 4.62. The van der Waals surface area contributed by atoms with Crippen molar-refractivity contribution in [1.29, 1.82) is 0 Å². The van der Waals surface area contributed by atoms with Crippen LogP contribution in [0.3, 0.4) is 0 Å². The SMILES string of the molecule is NC(N)=S.[PbH2]. The number of rotatable bonds is 0. The number of thiocarbonyl (C=S) groups is 1. The van der Waals surface area contributed by atoms with E-state index in [0.29, 0.717) is 0 Å². The molecule has 0 atom stereocenters. The third kappa shape index (κ3) is 84.0. The van der Waals surface area contributed by atoms with Crippen molar-refractivity contribution in [3.63, 3.8) is 0 Å². The second kappa shape index (κ2) is 4.61. The van der Waals surface area contributed by atoms with Crippen LogP contribution < -0.4 is 11.5 Å². The van der Waals surface area contributed by atoms with Gasteiger partial charge in [0, 0.05) is 0 Å². The molecule has 0 bridgehead atoms. The molecule has 4 heteroatoms. The average Bonchev–Trinajstić information content (AvgIpc) is 0.811. The molecule has 4 N–H and O–H groups in total. The summed E-state index contributed by atoms with van der Waals surface area (Å²) in [5.74, 6) is 0. The zero-order chi connectivity index (χ0) is 3.58. The summed E-state index contributed by atoms with van der Waals surface area (Å²) in [5.41, 5.74) is 9.24. The molecular weight excluding hydrogens is 279 g/mol. The van der Waals surface area contributed by atoms with E-state index < -0.39 is 0 Å². The van der Waals surface area contributed by atoms with Crippen LogP contribution in [0.5, 0.6) is 0 Å². The van der Waals surface area contributed by atoms with Gasteiger partial charge in [0.1, 0.15) is 0 Å². The van der Waals surface area contributed by atoms with Gasteiger partial charge in [-0.3, -0.25) is 0 Å². The Morgan fingerprint density at radius 1 is 1.40 bits per heavy atom. The van der Waals surface area contributed by atoms with Crippen molar-refractivity contribution in [1.82, 2.24) is 0 Å². The van der Waals surface area contributed by atoms with E-state index in [9.17, 15) is 0 Å². The summed E-state index contributed by atoms with van der Waals surface area (Å²) in [4.78, 5) is 0. The first-order valence-corrected chi connectivity index (χ1v) is 1.19. The van der Waals surface area contributed by atoms with Gasteiger partial charge in [0.25, 0.3) is 0 Å². The van der Waals surface area contributed by atoms with Crippen LogP contribution in [0.15, 0.2) is 0 Å². The van der Waals surface area contributed by atoms with Crippen molar-refractivity contribution >= 4 is 44.6 Å². The Hall–Kier alpha value is 0.612. The Morgan fingerprint density at radius 2 is 1.40 bits per heavy atom. The van der Waals surface area contributed by atoms with Crippen molar-refractivity contribution in [3.05, 3.63) is 0 Å². The van der Waals surface area contributed by atoms with Crippen molar-refractivity contribution in [2.24, 2.45) is 11.5 Å². The van der Waals surface area contributed by atoms with Gasteiger partial charge in [-0.1, -0.05) is 0 Å². The molecule has 0 aromatic rings. The van der Waals surface area contributed by atoms with E-state index in [4.69, 9.17) is 0 Å². The molecule has 0 spiro atoms. The Kier molecular flexibility index (Phi) is 8.44. The summed E-state index contributed by atoms with van der Waals surface area (Å²) in [6.07, 6.45) is 0. The van der Waals surface area contributed by atoms with Crippen LogP contribution in [0.4, 0.5) is 0 Å². The molecule has 0 aliphatic heterocycles. The molecule has 0 rings (SSSR count). The van der Waals surface area contributed by atoms with Gasteiger partial charge < -0.3 is 11.5 Å². The molecule has 0 aliphatic rings. The van der Waals surface area contributed by atoms with E-state index in [2.05, 4.69) is 23.7 Å². The van der Waals surface area contributed by atoms with Crippen molar-refractivity contribution in [3.8, 4) is 0 Å². The second-order valence-corrected chi connectivity index (χ2v) is 0.874. The Labute approximate surface area is 56.1 Å². The van der Waals surface area contributed by atoms with Gasteiger partial charge in [-0.2, -0.15) is 0 Å². The van der Waals surface area contributed by atoms with Gasteiger partial charge in [0.15, 0.2) is 5.11 Å². The summed E-state index contributed by atoms with van der Waals surface area (Å²) in [6.45, 7) is 0. The summed E-state index contributed by atoms with van der Waals surface area (Å²) < 4.78 is 0. The van der Waals surface area contributed by atoms with Gasteiger partial charge in [0.2, 0.25) is 0 Å². The van der Waals surface area contributed by atoms with E-state index in [1.54, 1.807) is 0 Å². The zero-order valence-electron chi connectivity index (χ0n) is 2.77. The molecule has 30 valence electrons. The number of hydrogen-bond acceptors (Lipinski definition) is 1. The zero-order valence-corrected chi connectivity index (χ0v) is 9.08. The topological polar surface area (TPSA) is 52.0 Å². The molecule has 0 heterocycles. The fourth-order valence-electron chi connectivity index (χ4n) is 0. The molecule has 5 heavy (non-hydrogen) atoms. The van der Waals surface area contributed by atoms with Crippen LogP contribution in [0, 0.1) is 0 Å². The molecule has 0 unspecified atom stereocenters. The minimum atomic E-state index is 0. The molecule has 0 fully saturated rings. The average molecular weight is 285 g/mol. The first-order chi connectivity index (χ1) is 1.73. The predicted octanol–water partition coefficient (Wildman–Crippen LogP) is -1.73. The molecule has 0 amide bonds. The first kappa shape index (κ1) is 9.15. The molecule has 0 saturated carbocycles. The Morgan fingerprint density at radius 3 is 1.40 bits per heavy atom. The van der Waals surface area contributed by atoms with Crippen LogP contribution in [-0.4, -0.2) is 32.4 Å². The monoisotopic (exact) mass is 286 g/mol. The van der Waals surface area contributed by atoms with Gasteiger partial charge in [0.05, 0.1) is 0 Å². The van der Waals surface area contributed by atoms with Crippen molar-refractivity contribution < 1.29 is 0 Å². The molecule has 0 aliphatic carbocycles. The van der Waals surface area contributed by atoms with Gasteiger partial charge in [-0.15, -0.1) is 0 Å². The second-order valence-electron chi connectivity index (χ2n) is 0.402. The fraction of sp³-hybridized carbons (Fsp3) is 0. The molecule has 2 radical (unpaired) electrons. The number of hydrogen-bond donors (Lipinski definition) is 2. The summed E-state index contributed by atoms with van der Waals surface area (Å²) in [7, 11) is 0. The summed E-state index contributed by atoms with van der Waals surface area (Å²) >= 11 is 4.09. The molecule has 0 aromatic heterocycles. The van der Waals surface area contributed by atoms with E-state index in [-0.39, 0.29) is 32.4 Å². The van der Waals surface area contributed by atoms with E-state index in [1.807, 2.05) is 0 Å². The minimum absolute atomic E-state index is 0. The quantitative estimate of drug-likeness (QED) is 0.411. The van der Waals surface area contributed by atoms with Gasteiger partial charge >= 0.3 is 27.3 Å². The van der Waals surface area contributed by atoms with Crippen molar-refractivity contribution in [2.45, 2.75) is 0 Å². The third-order valence-electron chi connectivity index (χ3n) is 0. The van der Waals surface area contributed by atoms with Crippen LogP contribution in [0.25, 0.3) is 0 Å². The predicted molar refractivity (Wildman–Crippen MR) is 29.5 cm³/mol. The van der Waals surface area contributed by atoms with Crippen LogP contribution >= 0.6 is 12.2 Å². The summed E-state index contributed by atoms with van der Waals surface area (Å²) in [6, 6.07) is 0. The van der Waals surface area contributed by atoms with Crippen LogP contribution in [-0.2, 0) is 0 Å². The Bertz CT molecular complexity index is 32.6.